The molecule has 0 aromatic rings. The number of aliphatic hydroxyl groups is 4. The van der Waals surface area contributed by atoms with E-state index in [2.05, 4.69) is 50.3 Å². The van der Waals surface area contributed by atoms with Crippen molar-refractivity contribution in [3.05, 3.63) is 60.8 Å². The summed E-state index contributed by atoms with van der Waals surface area (Å²) in [6.07, 6.45) is 35.7. The summed E-state index contributed by atoms with van der Waals surface area (Å²) in [7, 11) is 0. The maximum absolute atomic E-state index is 12.7. The highest BCUT2D eigenvalue weighted by atomic mass is 16.7. The fourth-order valence-electron chi connectivity index (χ4n) is 6.05. The van der Waals surface area contributed by atoms with Crippen LogP contribution in [0.5, 0.6) is 0 Å². The first-order chi connectivity index (χ1) is 26.8. The lowest BCUT2D eigenvalue weighted by atomic mass is 9.99. The number of rotatable bonds is 34. The summed E-state index contributed by atoms with van der Waals surface area (Å²) in [5, 5.41) is 40.0. The molecule has 1 saturated heterocycles. The first kappa shape index (κ1) is 50.4. The van der Waals surface area contributed by atoms with Crippen LogP contribution in [0.4, 0.5) is 0 Å². The van der Waals surface area contributed by atoms with Crippen molar-refractivity contribution in [3.63, 3.8) is 0 Å². The summed E-state index contributed by atoms with van der Waals surface area (Å²) < 4.78 is 21.9. The predicted molar refractivity (Wildman–Crippen MR) is 219 cm³/mol. The molecule has 0 radical (unpaired) electrons. The molecule has 0 aromatic carbocycles. The maximum Gasteiger partial charge on any atom is 0.330 e. The fraction of sp³-hybridized carbons (Fsp3) is 0.733. The fourth-order valence-corrected chi connectivity index (χ4v) is 6.05. The first-order valence-electron chi connectivity index (χ1n) is 21.4. The minimum Gasteiger partial charge on any atom is -0.458 e. The van der Waals surface area contributed by atoms with Crippen LogP contribution in [-0.4, -0.2) is 89.0 Å². The summed E-state index contributed by atoms with van der Waals surface area (Å²) in [6.45, 7) is 3.22. The lowest BCUT2D eigenvalue weighted by molar-refractivity contribution is -0.305. The van der Waals surface area contributed by atoms with Crippen LogP contribution in [-0.2, 0) is 28.5 Å². The summed E-state index contributed by atoms with van der Waals surface area (Å²) in [5.41, 5.74) is 0. The quantitative estimate of drug-likeness (QED) is 0.0164. The molecule has 0 bridgehead atoms. The molecule has 10 heteroatoms. The van der Waals surface area contributed by atoms with Crippen molar-refractivity contribution in [1.82, 2.24) is 0 Å². The van der Waals surface area contributed by atoms with E-state index in [1.54, 1.807) is 6.08 Å². The van der Waals surface area contributed by atoms with Gasteiger partial charge in [-0.15, -0.1) is 0 Å². The Morgan fingerprint density at radius 1 is 0.618 bits per heavy atom. The molecule has 2 unspecified atom stereocenters. The van der Waals surface area contributed by atoms with Crippen LogP contribution < -0.4 is 0 Å². The van der Waals surface area contributed by atoms with Crippen LogP contribution in [0, 0.1) is 0 Å². The van der Waals surface area contributed by atoms with Gasteiger partial charge in [0.05, 0.1) is 13.2 Å². The molecule has 4 N–H and O–H groups in total. The van der Waals surface area contributed by atoms with Crippen molar-refractivity contribution in [2.24, 2.45) is 0 Å². The van der Waals surface area contributed by atoms with Gasteiger partial charge in [-0.3, -0.25) is 4.79 Å². The Morgan fingerprint density at radius 2 is 1.15 bits per heavy atom. The molecule has 1 fully saturated rings. The van der Waals surface area contributed by atoms with Crippen LogP contribution >= 0.6 is 0 Å². The average Bonchev–Trinajstić information content (AvgIpc) is 3.18. The molecule has 0 spiro atoms. The van der Waals surface area contributed by atoms with Crippen molar-refractivity contribution in [2.45, 2.75) is 192 Å². The van der Waals surface area contributed by atoms with E-state index in [9.17, 15) is 30.0 Å². The Labute approximate surface area is 332 Å². The Bertz CT molecular complexity index is 1080. The van der Waals surface area contributed by atoms with Crippen LogP contribution in [0.1, 0.15) is 155 Å². The van der Waals surface area contributed by atoms with E-state index < -0.39 is 55.4 Å². The first-order valence-corrected chi connectivity index (χ1v) is 21.4. The topological polar surface area (TPSA) is 152 Å². The number of ether oxygens (including phenoxy) is 4. The minimum absolute atomic E-state index is 0.159. The number of unbranched alkanes of at least 4 members (excludes halogenated alkanes) is 16. The van der Waals surface area contributed by atoms with Gasteiger partial charge in [0.15, 0.2) is 12.4 Å². The summed E-state index contributed by atoms with van der Waals surface area (Å²) >= 11 is 0. The molecule has 10 nitrogen and oxygen atoms in total. The molecule has 0 saturated carbocycles. The summed E-state index contributed by atoms with van der Waals surface area (Å²) in [5.74, 6) is -1.11. The summed E-state index contributed by atoms with van der Waals surface area (Å²) in [4.78, 5) is 25.1. The largest absolute Gasteiger partial charge is 0.458 e. The number of esters is 2. The highest BCUT2D eigenvalue weighted by molar-refractivity contribution is 5.82. The molecule has 55 heavy (non-hydrogen) atoms. The number of carbonyl (C=O) groups is 2. The van der Waals surface area contributed by atoms with Gasteiger partial charge in [-0.1, -0.05) is 146 Å². The second-order valence-electron chi connectivity index (χ2n) is 14.5. The van der Waals surface area contributed by atoms with Gasteiger partial charge >= 0.3 is 11.9 Å². The normalized spacial score (nSPS) is 21.2. The van der Waals surface area contributed by atoms with E-state index in [4.69, 9.17) is 18.9 Å². The minimum atomic E-state index is -1.62. The van der Waals surface area contributed by atoms with Crippen LogP contribution in [0.25, 0.3) is 0 Å². The van der Waals surface area contributed by atoms with E-state index in [0.717, 1.165) is 44.9 Å². The van der Waals surface area contributed by atoms with Crippen molar-refractivity contribution in [2.75, 3.05) is 19.8 Å². The van der Waals surface area contributed by atoms with Gasteiger partial charge < -0.3 is 39.4 Å². The Morgan fingerprint density at radius 3 is 1.76 bits per heavy atom. The molecular weight excluding hydrogens is 700 g/mol. The molecule has 316 valence electrons. The lowest BCUT2D eigenvalue weighted by Crippen LogP contribution is -2.59. The maximum atomic E-state index is 12.7. The monoisotopic (exact) mass is 777 g/mol. The van der Waals surface area contributed by atoms with Crippen molar-refractivity contribution in [3.8, 4) is 0 Å². The lowest BCUT2D eigenvalue weighted by Gasteiger charge is -2.39. The van der Waals surface area contributed by atoms with Crippen LogP contribution in [0.15, 0.2) is 60.8 Å². The zero-order valence-electron chi connectivity index (χ0n) is 34.2. The van der Waals surface area contributed by atoms with Gasteiger partial charge in [0, 0.05) is 12.5 Å². The highest BCUT2D eigenvalue weighted by Gasteiger charge is 2.44. The second-order valence-corrected chi connectivity index (χ2v) is 14.5. The SMILES string of the molecule is CCCCC/C=C/C/C=C/C/C=C/CCCCC(=O)O[C@@H](COC(=O)/C=C/C=C/CCCCCCCCCCCCC)CO[C@H]1O[C@@H](CO)[C@@H](O)C(O)C1O. The van der Waals surface area contributed by atoms with E-state index in [-0.39, 0.29) is 19.6 Å². The van der Waals surface area contributed by atoms with Crippen molar-refractivity contribution >= 4 is 11.9 Å². The van der Waals surface area contributed by atoms with Crippen molar-refractivity contribution < 1.29 is 49.0 Å². The highest BCUT2D eigenvalue weighted by Crippen LogP contribution is 2.22. The van der Waals surface area contributed by atoms with E-state index >= 15 is 0 Å². The van der Waals surface area contributed by atoms with Gasteiger partial charge in [0.1, 0.15) is 31.0 Å². The average molecular weight is 777 g/mol. The second kappa shape index (κ2) is 35.8. The zero-order chi connectivity index (χ0) is 40.2. The van der Waals surface area contributed by atoms with Crippen LogP contribution in [0.2, 0.25) is 0 Å². The molecule has 1 aliphatic rings. The Hall–Kier alpha value is -2.60. The smallest absolute Gasteiger partial charge is 0.330 e. The van der Waals surface area contributed by atoms with Gasteiger partial charge in [0.2, 0.25) is 0 Å². The van der Waals surface area contributed by atoms with E-state index in [1.807, 2.05) is 12.2 Å². The van der Waals surface area contributed by atoms with E-state index in [1.165, 1.54) is 89.5 Å². The molecular formula is C45H76O10. The third-order valence-corrected chi connectivity index (χ3v) is 9.48. The molecule has 0 amide bonds. The Balaban J connectivity index is 2.45. The number of hydrogen-bond donors (Lipinski definition) is 4. The third kappa shape index (κ3) is 27.6. The van der Waals surface area contributed by atoms with Gasteiger partial charge in [0.25, 0.3) is 0 Å². The number of hydrogen-bond acceptors (Lipinski definition) is 10. The molecule has 1 heterocycles. The van der Waals surface area contributed by atoms with Gasteiger partial charge in [-0.25, -0.2) is 4.79 Å². The number of carbonyl (C=O) groups excluding carboxylic acids is 2. The Kier molecular flexibility index (Phi) is 32.8. The number of allylic oxidation sites excluding steroid dienone is 9. The van der Waals surface area contributed by atoms with Gasteiger partial charge in [-0.05, 0) is 57.8 Å². The molecule has 6 atom stereocenters. The zero-order valence-corrected chi connectivity index (χ0v) is 34.2. The molecule has 1 aliphatic heterocycles. The number of aliphatic hydroxyl groups excluding tert-OH is 4. The molecule has 0 aliphatic carbocycles. The molecule has 0 aromatic heterocycles. The summed E-state index contributed by atoms with van der Waals surface area (Å²) in [6, 6.07) is 0. The van der Waals surface area contributed by atoms with Crippen molar-refractivity contribution in [1.29, 1.82) is 0 Å². The predicted octanol–water partition coefficient (Wildman–Crippen LogP) is 8.66. The molecule has 1 rings (SSSR count). The standard InChI is InChI=1S/C45H76O10/c1-3-5-7-9-11-13-15-17-19-21-23-25-27-29-31-33-40(47)52-36-38(37-53-45-44(51)43(50)42(49)39(35-46)55-45)54-41(48)34-32-30-28-26-24-22-20-18-16-14-12-10-8-6-4-2/h12,14,18,20,24,26-27,29,31,33,38-39,42-46,49-51H,3-11,13,15-17,19,21-23,25,28,30,32,34-37H2,1-2H3/b14-12+,20-18+,26-24+,29-27+,33-31+/t38-,39-,42+,43?,44?,45-/m0/s1. The van der Waals surface area contributed by atoms with Crippen LogP contribution in [0.3, 0.4) is 0 Å². The van der Waals surface area contributed by atoms with Gasteiger partial charge in [-0.2, -0.15) is 0 Å². The third-order valence-electron chi connectivity index (χ3n) is 9.48. The van der Waals surface area contributed by atoms with E-state index in [0.29, 0.717) is 6.42 Å².